The summed E-state index contributed by atoms with van der Waals surface area (Å²) in [5.74, 6) is 0.573. The summed E-state index contributed by atoms with van der Waals surface area (Å²) in [7, 11) is 0. The Morgan fingerprint density at radius 2 is 1.39 bits per heavy atom. The van der Waals surface area contributed by atoms with Crippen molar-refractivity contribution in [3.63, 3.8) is 0 Å². The summed E-state index contributed by atoms with van der Waals surface area (Å²) in [6, 6.07) is 24.1. The fourth-order valence-corrected chi connectivity index (χ4v) is 5.65. The number of halogens is 2. The second-order valence-corrected chi connectivity index (χ2v) is 11.2. The van der Waals surface area contributed by atoms with E-state index < -0.39 is 0 Å². The molecule has 0 bridgehead atoms. The van der Waals surface area contributed by atoms with E-state index in [0.717, 1.165) is 70.0 Å². The van der Waals surface area contributed by atoms with Crippen molar-refractivity contribution in [2.45, 2.75) is 50.9 Å². The predicted octanol–water partition coefficient (Wildman–Crippen LogP) is 6.43. The van der Waals surface area contributed by atoms with Crippen LogP contribution < -0.4 is 10.1 Å². The predicted molar refractivity (Wildman–Crippen MR) is 154 cm³/mol. The maximum Gasteiger partial charge on any atom is 0.251 e. The van der Waals surface area contributed by atoms with E-state index in [1.54, 1.807) is 6.07 Å². The monoisotopic (exact) mass is 551 g/mol. The van der Waals surface area contributed by atoms with Gasteiger partial charge in [0.15, 0.2) is 0 Å². The van der Waals surface area contributed by atoms with Crippen molar-refractivity contribution in [3.05, 3.63) is 99.5 Å². The molecule has 2 heterocycles. The standard InChI is InChI=1S/C31H35Cl2N3O2/c32-26-9-6-24(7-10-26)22-36-18-14-28(15-19-36)38-30-11-8-25(20-29(30)33)31(37)34-27-12-16-35(17-13-27)21-23-4-2-1-3-5-23/h1-11,20,27-28H,12-19,21-22H2,(H,34,37). The highest BCUT2D eigenvalue weighted by molar-refractivity contribution is 6.32. The summed E-state index contributed by atoms with van der Waals surface area (Å²) < 4.78 is 6.23. The van der Waals surface area contributed by atoms with Crippen LogP contribution in [-0.4, -0.2) is 54.0 Å². The van der Waals surface area contributed by atoms with Crippen molar-refractivity contribution in [1.29, 1.82) is 0 Å². The fraction of sp³-hybridized carbons (Fsp3) is 0.387. The number of benzene rings is 3. The molecule has 0 atom stereocenters. The highest BCUT2D eigenvalue weighted by atomic mass is 35.5. The maximum absolute atomic E-state index is 12.9. The molecule has 2 saturated heterocycles. The Hall–Kier alpha value is -2.57. The zero-order chi connectivity index (χ0) is 26.3. The van der Waals surface area contributed by atoms with Crippen molar-refractivity contribution in [1.82, 2.24) is 15.1 Å². The number of amides is 1. The van der Waals surface area contributed by atoms with Gasteiger partial charge in [0.2, 0.25) is 0 Å². The van der Waals surface area contributed by atoms with E-state index in [0.29, 0.717) is 16.3 Å². The van der Waals surface area contributed by atoms with Gasteiger partial charge >= 0.3 is 0 Å². The summed E-state index contributed by atoms with van der Waals surface area (Å²) >= 11 is 12.5. The van der Waals surface area contributed by atoms with Crippen molar-refractivity contribution < 1.29 is 9.53 Å². The minimum Gasteiger partial charge on any atom is -0.489 e. The quantitative estimate of drug-likeness (QED) is 0.350. The Balaban J connectivity index is 1.06. The molecule has 2 aliphatic heterocycles. The number of hydrogen-bond acceptors (Lipinski definition) is 4. The molecular weight excluding hydrogens is 517 g/mol. The lowest BCUT2D eigenvalue weighted by Crippen LogP contribution is -2.44. The molecule has 0 aliphatic carbocycles. The summed E-state index contributed by atoms with van der Waals surface area (Å²) in [5, 5.41) is 4.45. The molecule has 2 aliphatic rings. The van der Waals surface area contributed by atoms with Gasteiger partial charge in [-0.1, -0.05) is 65.7 Å². The van der Waals surface area contributed by atoms with Crippen LogP contribution in [0.25, 0.3) is 0 Å². The molecule has 5 nitrogen and oxygen atoms in total. The molecule has 0 aromatic heterocycles. The average molecular weight is 553 g/mol. The molecule has 0 unspecified atom stereocenters. The number of rotatable bonds is 8. The van der Waals surface area contributed by atoms with Crippen molar-refractivity contribution in [3.8, 4) is 5.75 Å². The normalized spacial score (nSPS) is 17.8. The number of piperidine rings is 2. The molecule has 0 saturated carbocycles. The Morgan fingerprint density at radius 3 is 2.03 bits per heavy atom. The Kier molecular flexibility index (Phi) is 9.23. The third-order valence-electron chi connectivity index (χ3n) is 7.51. The Morgan fingerprint density at radius 1 is 0.789 bits per heavy atom. The summed E-state index contributed by atoms with van der Waals surface area (Å²) in [5.41, 5.74) is 3.17. The van der Waals surface area contributed by atoms with Gasteiger partial charge in [0.25, 0.3) is 5.91 Å². The second-order valence-electron chi connectivity index (χ2n) is 10.4. The summed E-state index contributed by atoms with van der Waals surface area (Å²) in [6.07, 6.45) is 3.90. The molecule has 0 spiro atoms. The SMILES string of the molecule is O=C(NC1CCN(Cc2ccccc2)CC1)c1ccc(OC2CCN(Cc3ccc(Cl)cc3)CC2)c(Cl)c1. The van der Waals surface area contributed by atoms with Gasteiger partial charge in [0.05, 0.1) is 5.02 Å². The molecular formula is C31H35Cl2N3O2. The number of hydrogen-bond donors (Lipinski definition) is 1. The highest BCUT2D eigenvalue weighted by Gasteiger charge is 2.23. The van der Waals surface area contributed by atoms with Crippen LogP contribution in [0.5, 0.6) is 5.75 Å². The zero-order valence-electron chi connectivity index (χ0n) is 21.6. The van der Waals surface area contributed by atoms with Crippen molar-refractivity contribution in [2.24, 2.45) is 0 Å². The van der Waals surface area contributed by atoms with Crippen LogP contribution in [0.3, 0.4) is 0 Å². The third kappa shape index (κ3) is 7.51. The van der Waals surface area contributed by atoms with Crippen LogP contribution in [0.2, 0.25) is 10.0 Å². The zero-order valence-corrected chi connectivity index (χ0v) is 23.1. The first-order valence-electron chi connectivity index (χ1n) is 13.5. The molecule has 7 heteroatoms. The molecule has 1 N–H and O–H groups in total. The van der Waals surface area contributed by atoms with E-state index in [-0.39, 0.29) is 18.1 Å². The summed E-state index contributed by atoms with van der Waals surface area (Å²) in [6.45, 7) is 5.77. The smallest absolute Gasteiger partial charge is 0.251 e. The van der Waals surface area contributed by atoms with E-state index in [1.165, 1.54) is 11.1 Å². The minimum atomic E-state index is -0.0736. The first kappa shape index (κ1) is 27.0. The number of carbonyl (C=O) groups is 1. The van der Waals surface area contributed by atoms with Gasteiger partial charge in [-0.2, -0.15) is 0 Å². The first-order chi connectivity index (χ1) is 18.5. The molecule has 5 rings (SSSR count). The first-order valence-corrected chi connectivity index (χ1v) is 14.3. The second kappa shape index (κ2) is 13.0. The van der Waals surface area contributed by atoms with Gasteiger partial charge in [-0.3, -0.25) is 14.6 Å². The van der Waals surface area contributed by atoms with Gasteiger partial charge in [-0.15, -0.1) is 0 Å². The van der Waals surface area contributed by atoms with Gasteiger partial charge in [-0.05, 0) is 67.1 Å². The number of carbonyl (C=O) groups excluding carboxylic acids is 1. The van der Waals surface area contributed by atoms with Crippen molar-refractivity contribution in [2.75, 3.05) is 26.2 Å². The van der Waals surface area contributed by atoms with Crippen LogP contribution in [0.15, 0.2) is 72.8 Å². The molecule has 3 aromatic carbocycles. The molecule has 0 radical (unpaired) electrons. The van der Waals surface area contributed by atoms with Gasteiger partial charge in [-0.25, -0.2) is 0 Å². The summed E-state index contributed by atoms with van der Waals surface area (Å²) in [4.78, 5) is 17.8. The molecule has 200 valence electrons. The van der Waals surface area contributed by atoms with Crippen molar-refractivity contribution >= 4 is 29.1 Å². The lowest BCUT2D eigenvalue weighted by atomic mass is 10.0. The maximum atomic E-state index is 12.9. The molecule has 3 aromatic rings. The lowest BCUT2D eigenvalue weighted by molar-refractivity contribution is 0.0908. The van der Waals surface area contributed by atoms with Crippen LogP contribution in [0.4, 0.5) is 0 Å². The fourth-order valence-electron chi connectivity index (χ4n) is 5.30. The molecule has 1 amide bonds. The van der Waals surface area contributed by atoms with Gasteiger partial charge < -0.3 is 10.1 Å². The highest BCUT2D eigenvalue weighted by Crippen LogP contribution is 2.29. The number of nitrogens with zero attached hydrogens (tertiary/aromatic N) is 2. The van der Waals surface area contributed by atoms with Gasteiger partial charge in [0, 0.05) is 55.9 Å². The Labute approximate surface area is 235 Å². The van der Waals surface area contributed by atoms with E-state index in [2.05, 4.69) is 51.5 Å². The lowest BCUT2D eigenvalue weighted by Gasteiger charge is -2.32. The topological polar surface area (TPSA) is 44.8 Å². The Bertz CT molecular complexity index is 1190. The molecule has 2 fully saturated rings. The minimum absolute atomic E-state index is 0.0736. The largest absolute Gasteiger partial charge is 0.489 e. The van der Waals surface area contributed by atoms with E-state index in [4.69, 9.17) is 27.9 Å². The number of likely N-dealkylation sites (tertiary alicyclic amines) is 2. The number of nitrogens with one attached hydrogen (secondary N) is 1. The third-order valence-corrected chi connectivity index (χ3v) is 8.06. The number of ether oxygens (including phenoxy) is 1. The van der Waals surface area contributed by atoms with Crippen LogP contribution in [0, 0.1) is 0 Å². The van der Waals surface area contributed by atoms with Gasteiger partial charge in [0.1, 0.15) is 11.9 Å². The van der Waals surface area contributed by atoms with Crippen LogP contribution in [0.1, 0.15) is 47.2 Å². The average Bonchev–Trinajstić information content (AvgIpc) is 2.94. The van der Waals surface area contributed by atoms with Crippen LogP contribution in [-0.2, 0) is 13.1 Å². The van der Waals surface area contributed by atoms with Crippen LogP contribution >= 0.6 is 23.2 Å². The van der Waals surface area contributed by atoms with E-state index in [1.807, 2.05) is 30.3 Å². The van der Waals surface area contributed by atoms with E-state index >= 15 is 0 Å². The van der Waals surface area contributed by atoms with E-state index in [9.17, 15) is 4.79 Å². The molecule has 38 heavy (non-hydrogen) atoms.